The third-order valence-corrected chi connectivity index (χ3v) is 11.4. The summed E-state index contributed by atoms with van der Waals surface area (Å²) in [5, 5.41) is 0. The molecule has 0 aliphatic carbocycles. The molecule has 0 aromatic carbocycles. The molecule has 1 unspecified atom stereocenters. The monoisotopic (exact) mass is 967 g/mol. The van der Waals surface area contributed by atoms with Crippen LogP contribution in [0.5, 0.6) is 0 Å². The maximum atomic E-state index is 12.8. The number of rotatable bonds is 49. The van der Waals surface area contributed by atoms with E-state index in [9.17, 15) is 14.4 Å². The zero-order valence-corrected chi connectivity index (χ0v) is 45.0. The van der Waals surface area contributed by atoms with Crippen molar-refractivity contribution >= 4 is 17.9 Å². The molecule has 0 rings (SSSR count). The summed E-state index contributed by atoms with van der Waals surface area (Å²) in [4.78, 5) is 38.1. The van der Waals surface area contributed by atoms with Crippen LogP contribution in [-0.4, -0.2) is 37.2 Å². The molecule has 0 aromatic rings. The molecular formula is C64H102O6. The van der Waals surface area contributed by atoms with Crippen molar-refractivity contribution in [2.24, 2.45) is 0 Å². The predicted molar refractivity (Wildman–Crippen MR) is 302 cm³/mol. The van der Waals surface area contributed by atoms with Crippen molar-refractivity contribution in [3.8, 4) is 0 Å². The molecule has 0 aromatic heterocycles. The van der Waals surface area contributed by atoms with E-state index in [4.69, 9.17) is 14.2 Å². The van der Waals surface area contributed by atoms with E-state index in [1.807, 2.05) is 0 Å². The first-order valence-electron chi connectivity index (χ1n) is 28.2. The molecule has 0 fully saturated rings. The quantitative estimate of drug-likeness (QED) is 0.0262. The minimum absolute atomic E-state index is 0.110. The fourth-order valence-electron chi connectivity index (χ4n) is 7.18. The summed E-state index contributed by atoms with van der Waals surface area (Å²) in [6, 6.07) is 0. The smallest absolute Gasteiger partial charge is 0.306 e. The van der Waals surface area contributed by atoms with Crippen molar-refractivity contribution in [1.82, 2.24) is 0 Å². The second-order valence-corrected chi connectivity index (χ2v) is 18.1. The Bertz CT molecular complexity index is 1530. The zero-order valence-electron chi connectivity index (χ0n) is 45.0. The van der Waals surface area contributed by atoms with Gasteiger partial charge in [0.1, 0.15) is 13.2 Å². The van der Waals surface area contributed by atoms with Gasteiger partial charge in [-0.05, 0) is 128 Å². The molecule has 0 bridgehead atoms. The van der Waals surface area contributed by atoms with Crippen molar-refractivity contribution in [2.75, 3.05) is 13.2 Å². The van der Waals surface area contributed by atoms with Gasteiger partial charge in [-0.15, -0.1) is 0 Å². The average molecular weight is 968 g/mol. The molecule has 70 heavy (non-hydrogen) atoms. The zero-order chi connectivity index (χ0) is 50.7. The molecule has 6 nitrogen and oxygen atoms in total. The Morgan fingerprint density at radius 2 is 0.557 bits per heavy atom. The number of hydrogen-bond acceptors (Lipinski definition) is 6. The van der Waals surface area contributed by atoms with Crippen LogP contribution in [0.3, 0.4) is 0 Å². The lowest BCUT2D eigenvalue weighted by Gasteiger charge is -2.18. The van der Waals surface area contributed by atoms with Gasteiger partial charge < -0.3 is 14.2 Å². The van der Waals surface area contributed by atoms with E-state index in [2.05, 4.69) is 154 Å². The third kappa shape index (κ3) is 54.5. The normalized spacial score (nSPS) is 13.1. The molecule has 0 amide bonds. The van der Waals surface area contributed by atoms with Crippen LogP contribution in [0.15, 0.2) is 134 Å². The lowest BCUT2D eigenvalue weighted by atomic mass is 10.1. The van der Waals surface area contributed by atoms with Gasteiger partial charge in [0.15, 0.2) is 6.10 Å². The van der Waals surface area contributed by atoms with E-state index in [1.54, 1.807) is 0 Å². The van der Waals surface area contributed by atoms with Gasteiger partial charge in [-0.1, -0.05) is 219 Å². The van der Waals surface area contributed by atoms with Gasteiger partial charge in [0, 0.05) is 19.3 Å². The summed E-state index contributed by atoms with van der Waals surface area (Å²) in [5.74, 6) is -0.982. The number of carbonyl (C=O) groups excluding carboxylic acids is 3. The number of ether oxygens (including phenoxy) is 3. The first kappa shape index (κ1) is 65.5. The maximum absolute atomic E-state index is 12.8. The summed E-state index contributed by atoms with van der Waals surface area (Å²) < 4.78 is 16.8. The second kappa shape index (κ2) is 57.1. The molecule has 0 saturated heterocycles. The number of hydrogen-bond donors (Lipinski definition) is 0. The van der Waals surface area contributed by atoms with Crippen molar-refractivity contribution in [2.45, 2.75) is 239 Å². The van der Waals surface area contributed by atoms with Crippen molar-refractivity contribution in [1.29, 1.82) is 0 Å². The van der Waals surface area contributed by atoms with Gasteiger partial charge >= 0.3 is 17.9 Å². The van der Waals surface area contributed by atoms with E-state index in [0.717, 1.165) is 141 Å². The van der Waals surface area contributed by atoms with Crippen LogP contribution in [0.1, 0.15) is 233 Å². The van der Waals surface area contributed by atoms with Gasteiger partial charge in [0.05, 0.1) is 0 Å². The topological polar surface area (TPSA) is 78.9 Å². The van der Waals surface area contributed by atoms with Crippen LogP contribution in [0.2, 0.25) is 0 Å². The van der Waals surface area contributed by atoms with E-state index in [-0.39, 0.29) is 37.5 Å². The van der Waals surface area contributed by atoms with Crippen LogP contribution in [0.4, 0.5) is 0 Å². The van der Waals surface area contributed by atoms with Gasteiger partial charge in [-0.2, -0.15) is 0 Å². The van der Waals surface area contributed by atoms with Crippen molar-refractivity contribution < 1.29 is 28.6 Å². The highest BCUT2D eigenvalue weighted by Gasteiger charge is 2.19. The lowest BCUT2D eigenvalue weighted by Crippen LogP contribution is -2.30. The van der Waals surface area contributed by atoms with Gasteiger partial charge in [-0.3, -0.25) is 14.4 Å². The largest absolute Gasteiger partial charge is 0.462 e. The molecule has 0 N–H and O–H groups in total. The fraction of sp³-hybridized carbons (Fsp3) is 0.609. The Morgan fingerprint density at radius 1 is 0.300 bits per heavy atom. The van der Waals surface area contributed by atoms with E-state index in [0.29, 0.717) is 19.3 Å². The van der Waals surface area contributed by atoms with Crippen LogP contribution < -0.4 is 0 Å². The Hall–Kier alpha value is -4.45. The Labute approximate surface area is 430 Å². The van der Waals surface area contributed by atoms with Gasteiger partial charge in [-0.25, -0.2) is 0 Å². The molecule has 0 radical (unpaired) electrons. The summed E-state index contributed by atoms with van der Waals surface area (Å²) in [6.07, 6.45) is 80.1. The number of carbonyl (C=O) groups is 3. The van der Waals surface area contributed by atoms with Crippen LogP contribution in [0, 0.1) is 0 Å². The summed E-state index contributed by atoms with van der Waals surface area (Å²) in [7, 11) is 0. The second-order valence-electron chi connectivity index (χ2n) is 18.1. The Morgan fingerprint density at radius 3 is 0.900 bits per heavy atom. The molecule has 0 spiro atoms. The minimum atomic E-state index is -0.816. The van der Waals surface area contributed by atoms with Gasteiger partial charge in [0.2, 0.25) is 0 Å². The minimum Gasteiger partial charge on any atom is -0.462 e. The Balaban J connectivity index is 4.46. The van der Waals surface area contributed by atoms with E-state index >= 15 is 0 Å². The highest BCUT2D eigenvalue weighted by Crippen LogP contribution is 2.13. The molecule has 1 atom stereocenters. The number of unbranched alkanes of at least 4 members (excludes halogenated alkanes) is 16. The maximum Gasteiger partial charge on any atom is 0.306 e. The average Bonchev–Trinajstić information content (AvgIpc) is 3.36. The SMILES string of the molecule is CC/C=C\C/C=C\C/C=C\C/C=C\C/C=C\CCCCCCCCCC(=O)OCC(COC(=O)CCCCCCC/C=C\C/C=C\CCCC)OC(=O)CCCC/C=C\C/C=C\C/C=C\C/C=C\CC. The molecule has 0 aliphatic heterocycles. The van der Waals surface area contributed by atoms with E-state index < -0.39 is 6.10 Å². The molecule has 0 heterocycles. The van der Waals surface area contributed by atoms with Crippen LogP contribution >= 0.6 is 0 Å². The lowest BCUT2D eigenvalue weighted by molar-refractivity contribution is -0.167. The highest BCUT2D eigenvalue weighted by molar-refractivity contribution is 5.71. The highest BCUT2D eigenvalue weighted by atomic mass is 16.6. The molecule has 0 aliphatic rings. The predicted octanol–water partition coefficient (Wildman–Crippen LogP) is 19.0. The van der Waals surface area contributed by atoms with Gasteiger partial charge in [0.25, 0.3) is 0 Å². The van der Waals surface area contributed by atoms with E-state index in [1.165, 1.54) is 44.9 Å². The van der Waals surface area contributed by atoms with Crippen LogP contribution in [-0.2, 0) is 28.6 Å². The van der Waals surface area contributed by atoms with Crippen molar-refractivity contribution in [3.63, 3.8) is 0 Å². The summed E-state index contributed by atoms with van der Waals surface area (Å²) in [5.41, 5.74) is 0. The third-order valence-electron chi connectivity index (χ3n) is 11.4. The van der Waals surface area contributed by atoms with Crippen LogP contribution in [0.25, 0.3) is 0 Å². The summed E-state index contributed by atoms with van der Waals surface area (Å²) >= 11 is 0. The first-order chi connectivity index (χ1) is 34.5. The standard InChI is InChI=1S/C64H102O6/c1-4-7-10-13-16-19-22-25-28-29-30-31-32-33-34-35-37-39-42-45-48-51-54-57-63(66)69-60-61(59-68-62(65)56-53-50-47-44-41-38-27-24-21-18-15-12-9-6-3)70-64(67)58-55-52-49-46-43-40-36-26-23-20-17-14-11-8-5-2/h7-8,10-11,15-20,24-28,30-31,33-34,36,43,46,61H,4-6,9,12-14,21-23,29,32,35,37-42,44-45,47-60H2,1-3H3/b10-7-,11-8-,18-15-,19-16-,20-17-,27-24-,28-25-,31-30-,34-33-,36-26-,46-43-. The summed E-state index contributed by atoms with van der Waals surface area (Å²) in [6.45, 7) is 6.30. The molecule has 394 valence electrons. The Kier molecular flexibility index (Phi) is 53.5. The first-order valence-corrected chi connectivity index (χ1v) is 28.2. The number of allylic oxidation sites excluding steroid dienone is 22. The van der Waals surface area contributed by atoms with Crippen molar-refractivity contribution in [3.05, 3.63) is 134 Å². The number of esters is 3. The molecular weight excluding hydrogens is 865 g/mol. The molecule has 0 saturated carbocycles. The fourth-order valence-corrected chi connectivity index (χ4v) is 7.18. The molecule has 6 heteroatoms.